The lowest BCUT2D eigenvalue weighted by Gasteiger charge is -2.23. The number of aromatic amines is 1. The molecule has 1 aromatic heterocycles. The zero-order valence-corrected chi connectivity index (χ0v) is 19.9. The van der Waals surface area contributed by atoms with E-state index in [0.29, 0.717) is 33.5 Å². The van der Waals surface area contributed by atoms with Crippen LogP contribution in [0, 0.1) is 25.5 Å². The van der Waals surface area contributed by atoms with Crippen LogP contribution in [0.4, 0.5) is 8.78 Å². The molecule has 0 aliphatic carbocycles. The number of benzene rings is 2. The molecule has 2 aromatic carbocycles. The molecule has 1 heterocycles. The zero-order chi connectivity index (χ0) is 24.3. The number of carbonyl (C=O) groups excluding carboxylic acids is 1. The van der Waals surface area contributed by atoms with Crippen molar-refractivity contribution >= 4 is 27.6 Å². The largest absolute Gasteiger partial charge is 0.461 e. The van der Waals surface area contributed by atoms with E-state index in [2.05, 4.69) is 4.98 Å². The summed E-state index contributed by atoms with van der Waals surface area (Å²) in [5.74, 6) is -2.63. The minimum absolute atomic E-state index is 0.102. The number of nitrogens with zero attached hydrogens (tertiary/aromatic N) is 1. The summed E-state index contributed by atoms with van der Waals surface area (Å²) in [5.41, 5.74) is 2.49. The van der Waals surface area contributed by atoms with Crippen molar-refractivity contribution in [2.24, 2.45) is 0 Å². The average molecular weight is 497 g/mol. The highest BCUT2D eigenvalue weighted by molar-refractivity contribution is 7.89. The molecule has 0 saturated heterocycles. The van der Waals surface area contributed by atoms with E-state index in [1.165, 1.54) is 0 Å². The molecular weight excluding hydrogens is 474 g/mol. The highest BCUT2D eigenvalue weighted by Crippen LogP contribution is 2.28. The van der Waals surface area contributed by atoms with Crippen molar-refractivity contribution in [2.45, 2.75) is 38.8 Å². The van der Waals surface area contributed by atoms with Crippen LogP contribution < -0.4 is 0 Å². The summed E-state index contributed by atoms with van der Waals surface area (Å²) in [6.45, 7) is 4.99. The zero-order valence-electron chi connectivity index (χ0n) is 18.3. The second-order valence-electron chi connectivity index (χ2n) is 7.42. The molecular formula is C23H23ClF2N2O4S. The van der Waals surface area contributed by atoms with Crippen LogP contribution in [0.5, 0.6) is 0 Å². The van der Waals surface area contributed by atoms with Gasteiger partial charge in [-0.2, -0.15) is 4.31 Å². The molecule has 0 aliphatic heterocycles. The van der Waals surface area contributed by atoms with Crippen LogP contribution in [-0.2, 0) is 27.8 Å². The Morgan fingerprint density at radius 1 is 1.09 bits per heavy atom. The standard InChI is InChI=1S/C23H23ClF2N2O4S/c1-4-32-23(29)22-14(2)19(15(3)27-22)13-28(12-16-5-7-17(24)8-6-16)33(30,31)21-10-9-18(25)11-20(21)26/h5-11,27H,4,12-13H2,1-3H3. The van der Waals surface area contributed by atoms with Gasteiger partial charge >= 0.3 is 5.97 Å². The first-order valence-electron chi connectivity index (χ1n) is 10.1. The third kappa shape index (κ3) is 5.43. The van der Waals surface area contributed by atoms with E-state index < -0.39 is 32.5 Å². The molecule has 0 bridgehead atoms. The molecule has 176 valence electrons. The molecule has 0 fully saturated rings. The van der Waals surface area contributed by atoms with Gasteiger partial charge in [0.05, 0.1) is 6.61 Å². The minimum atomic E-state index is -4.38. The molecule has 3 rings (SSSR count). The van der Waals surface area contributed by atoms with Crippen molar-refractivity contribution < 1.29 is 26.7 Å². The first-order valence-corrected chi connectivity index (χ1v) is 11.9. The number of aromatic nitrogens is 1. The third-order valence-corrected chi connectivity index (χ3v) is 7.27. The maximum Gasteiger partial charge on any atom is 0.355 e. The molecule has 0 atom stereocenters. The van der Waals surface area contributed by atoms with Crippen molar-refractivity contribution in [1.82, 2.24) is 9.29 Å². The molecule has 0 aliphatic rings. The molecule has 33 heavy (non-hydrogen) atoms. The van der Waals surface area contributed by atoms with Gasteiger partial charge in [0.25, 0.3) is 0 Å². The highest BCUT2D eigenvalue weighted by Gasteiger charge is 2.30. The van der Waals surface area contributed by atoms with Crippen LogP contribution in [-0.4, -0.2) is 30.3 Å². The number of hydrogen-bond donors (Lipinski definition) is 1. The Kier molecular flexibility index (Phi) is 7.56. The maximum atomic E-state index is 14.5. The van der Waals surface area contributed by atoms with E-state index in [1.54, 1.807) is 45.0 Å². The van der Waals surface area contributed by atoms with Gasteiger partial charge in [0.15, 0.2) is 0 Å². The fourth-order valence-corrected chi connectivity index (χ4v) is 5.02. The molecule has 3 aromatic rings. The van der Waals surface area contributed by atoms with Crippen LogP contribution in [0.1, 0.15) is 39.8 Å². The Morgan fingerprint density at radius 2 is 1.76 bits per heavy atom. The van der Waals surface area contributed by atoms with Gasteiger partial charge in [0.1, 0.15) is 22.2 Å². The lowest BCUT2D eigenvalue weighted by atomic mass is 10.1. The SMILES string of the molecule is CCOC(=O)c1[nH]c(C)c(CN(Cc2ccc(Cl)cc2)S(=O)(=O)c2ccc(F)cc2F)c1C. The number of hydrogen-bond acceptors (Lipinski definition) is 4. The van der Waals surface area contributed by atoms with E-state index in [1.807, 2.05) is 0 Å². The van der Waals surface area contributed by atoms with Gasteiger partial charge in [0.2, 0.25) is 10.0 Å². The first-order chi connectivity index (χ1) is 15.5. The molecule has 0 unspecified atom stereocenters. The number of aryl methyl sites for hydroxylation is 1. The second kappa shape index (κ2) is 10.0. The Hall–Kier alpha value is -2.75. The molecule has 0 amide bonds. The van der Waals surface area contributed by atoms with Crippen molar-refractivity contribution in [1.29, 1.82) is 0 Å². The fourth-order valence-electron chi connectivity index (χ4n) is 3.45. The smallest absolute Gasteiger partial charge is 0.355 e. The predicted molar refractivity (Wildman–Crippen MR) is 120 cm³/mol. The Balaban J connectivity index is 2.06. The molecule has 0 radical (unpaired) electrons. The summed E-state index contributed by atoms with van der Waals surface area (Å²) in [7, 11) is -4.38. The van der Waals surface area contributed by atoms with Crippen molar-refractivity contribution in [3.63, 3.8) is 0 Å². The minimum Gasteiger partial charge on any atom is -0.461 e. The van der Waals surface area contributed by atoms with Crippen molar-refractivity contribution in [3.05, 3.63) is 87.2 Å². The summed E-state index contributed by atoms with van der Waals surface area (Å²) in [4.78, 5) is 14.6. The van der Waals surface area contributed by atoms with E-state index in [-0.39, 0.29) is 25.4 Å². The number of sulfonamides is 1. The number of ether oxygens (including phenoxy) is 1. The van der Waals surface area contributed by atoms with Gasteiger partial charge in [-0.05, 0) is 61.7 Å². The Bertz CT molecular complexity index is 1270. The topological polar surface area (TPSA) is 79.5 Å². The fraction of sp³-hybridized carbons (Fsp3) is 0.261. The van der Waals surface area contributed by atoms with Crippen LogP contribution in [0.15, 0.2) is 47.4 Å². The highest BCUT2D eigenvalue weighted by atomic mass is 35.5. The quantitative estimate of drug-likeness (QED) is 0.438. The van der Waals surface area contributed by atoms with Gasteiger partial charge in [-0.1, -0.05) is 23.7 Å². The summed E-state index contributed by atoms with van der Waals surface area (Å²) >= 11 is 5.93. The van der Waals surface area contributed by atoms with Gasteiger partial charge in [-0.15, -0.1) is 0 Å². The lowest BCUT2D eigenvalue weighted by Crippen LogP contribution is -2.31. The second-order valence-corrected chi connectivity index (χ2v) is 9.77. The van der Waals surface area contributed by atoms with Gasteiger partial charge < -0.3 is 9.72 Å². The summed E-state index contributed by atoms with van der Waals surface area (Å²) in [5, 5.41) is 0.481. The number of rotatable bonds is 8. The lowest BCUT2D eigenvalue weighted by molar-refractivity contribution is 0.0519. The number of H-pyrrole nitrogens is 1. The maximum absolute atomic E-state index is 14.5. The van der Waals surface area contributed by atoms with E-state index in [4.69, 9.17) is 16.3 Å². The normalized spacial score (nSPS) is 11.7. The van der Waals surface area contributed by atoms with E-state index in [0.717, 1.165) is 16.4 Å². The molecule has 6 nitrogen and oxygen atoms in total. The van der Waals surface area contributed by atoms with Crippen LogP contribution in [0.3, 0.4) is 0 Å². The summed E-state index contributed by atoms with van der Waals surface area (Å²) in [6, 6.07) is 8.87. The Morgan fingerprint density at radius 3 is 2.36 bits per heavy atom. The van der Waals surface area contributed by atoms with Crippen LogP contribution >= 0.6 is 11.6 Å². The van der Waals surface area contributed by atoms with Crippen LogP contribution in [0.2, 0.25) is 5.02 Å². The summed E-state index contributed by atoms with van der Waals surface area (Å²) < 4.78 is 60.9. The van der Waals surface area contributed by atoms with Gasteiger partial charge in [0, 0.05) is 29.9 Å². The van der Waals surface area contributed by atoms with Crippen LogP contribution in [0.25, 0.3) is 0 Å². The van der Waals surface area contributed by atoms with Gasteiger partial charge in [-0.25, -0.2) is 22.0 Å². The van der Waals surface area contributed by atoms with E-state index >= 15 is 0 Å². The van der Waals surface area contributed by atoms with Crippen molar-refractivity contribution in [2.75, 3.05) is 6.61 Å². The first kappa shape index (κ1) is 24.9. The monoisotopic (exact) mass is 496 g/mol. The van der Waals surface area contributed by atoms with Crippen molar-refractivity contribution in [3.8, 4) is 0 Å². The molecule has 1 N–H and O–H groups in total. The van der Waals surface area contributed by atoms with E-state index in [9.17, 15) is 22.0 Å². The average Bonchev–Trinajstić information content (AvgIpc) is 3.03. The number of carbonyl (C=O) groups is 1. The van der Waals surface area contributed by atoms with Gasteiger partial charge in [-0.3, -0.25) is 0 Å². The number of esters is 1. The molecule has 0 saturated carbocycles. The third-order valence-electron chi connectivity index (χ3n) is 5.19. The number of nitrogens with one attached hydrogen (secondary N) is 1. The molecule has 0 spiro atoms. The Labute approximate surface area is 196 Å². The number of halogens is 3. The summed E-state index contributed by atoms with van der Waals surface area (Å²) in [6.07, 6.45) is 0. The predicted octanol–water partition coefficient (Wildman–Crippen LogP) is 5.13. The molecule has 10 heteroatoms.